The van der Waals surface area contributed by atoms with Gasteiger partial charge in [-0.25, -0.2) is 18.2 Å². The van der Waals surface area contributed by atoms with Crippen molar-refractivity contribution < 1.29 is 23.1 Å². The van der Waals surface area contributed by atoms with Gasteiger partial charge in [0.1, 0.15) is 11.7 Å². The minimum absolute atomic E-state index is 0.00280. The predicted octanol–water partition coefficient (Wildman–Crippen LogP) is 1.89. The van der Waals surface area contributed by atoms with Gasteiger partial charge in [0.15, 0.2) is 0 Å². The molecule has 11 heteroatoms. The number of hydrogen-bond donors (Lipinski definition) is 2. The largest absolute Gasteiger partial charge is 0.481 e. The van der Waals surface area contributed by atoms with E-state index >= 15 is 0 Å². The Labute approximate surface area is 187 Å². The van der Waals surface area contributed by atoms with E-state index in [0.29, 0.717) is 37.2 Å². The highest BCUT2D eigenvalue weighted by Crippen LogP contribution is 2.28. The Hall–Kier alpha value is -2.79. The zero-order valence-corrected chi connectivity index (χ0v) is 19.0. The zero-order chi connectivity index (χ0) is 23.5. The maximum absolute atomic E-state index is 13.4. The van der Waals surface area contributed by atoms with Crippen molar-refractivity contribution in [3.05, 3.63) is 30.5 Å². The van der Waals surface area contributed by atoms with Crippen molar-refractivity contribution in [2.75, 3.05) is 13.1 Å². The number of carbonyl (C=O) groups excluding carboxylic acids is 1. The summed E-state index contributed by atoms with van der Waals surface area (Å²) in [5.41, 5.74) is 1.16. The number of nitrogens with zero attached hydrogens (tertiary/aromatic N) is 4. The van der Waals surface area contributed by atoms with E-state index in [-0.39, 0.29) is 16.7 Å². The maximum Gasteiger partial charge on any atom is 0.306 e. The first-order chi connectivity index (χ1) is 15.1. The van der Waals surface area contributed by atoms with E-state index in [9.17, 15) is 23.1 Å². The van der Waals surface area contributed by atoms with E-state index in [4.69, 9.17) is 5.14 Å². The summed E-state index contributed by atoms with van der Waals surface area (Å²) >= 11 is 0. The second kappa shape index (κ2) is 9.78. The second-order valence-electron chi connectivity index (χ2n) is 8.30. The van der Waals surface area contributed by atoms with Crippen LogP contribution in [0.5, 0.6) is 0 Å². The summed E-state index contributed by atoms with van der Waals surface area (Å²) in [6, 6.07) is 5.44. The molecular formula is C21H29N5O5S. The topological polar surface area (TPSA) is 148 Å². The number of primary sulfonamides is 1. The molecule has 3 rings (SSSR count). The molecule has 0 radical (unpaired) electrons. The molecule has 0 saturated carbocycles. The fourth-order valence-corrected chi connectivity index (χ4v) is 4.64. The summed E-state index contributed by atoms with van der Waals surface area (Å²) in [6.45, 7) is 4.86. The molecule has 0 spiro atoms. The molecule has 174 valence electrons. The highest BCUT2D eigenvalue weighted by molar-refractivity contribution is 7.89. The third-order valence-corrected chi connectivity index (χ3v) is 6.90. The highest BCUT2D eigenvalue weighted by Gasteiger charge is 2.35. The van der Waals surface area contributed by atoms with Crippen LogP contribution in [0.25, 0.3) is 11.3 Å². The standard InChI is InChI=1S/C21H29N5O5S/c1-3-4-14(2)19(20(27)25-11-9-16(10-12-25)21(28)29)26-13-18(23-24-26)15-5-7-17(8-6-15)32(22,30)31/h5-8,13-14,16,19H,3-4,9-12H2,1-2H3,(H,28,29)(H2,22,30,31). The number of likely N-dealkylation sites (tertiary alicyclic amines) is 1. The van der Waals surface area contributed by atoms with Crippen LogP contribution in [-0.2, 0) is 19.6 Å². The molecule has 3 N–H and O–H groups in total. The zero-order valence-electron chi connectivity index (χ0n) is 18.2. The van der Waals surface area contributed by atoms with Gasteiger partial charge < -0.3 is 10.0 Å². The fourth-order valence-electron chi connectivity index (χ4n) is 4.12. The van der Waals surface area contributed by atoms with Crippen molar-refractivity contribution in [2.24, 2.45) is 17.0 Å². The van der Waals surface area contributed by atoms with E-state index in [1.807, 2.05) is 6.92 Å². The number of nitrogens with two attached hydrogens (primary N) is 1. The summed E-state index contributed by atoms with van der Waals surface area (Å²) in [7, 11) is -3.79. The second-order valence-corrected chi connectivity index (χ2v) is 9.86. The van der Waals surface area contributed by atoms with Gasteiger partial charge in [-0.15, -0.1) is 5.10 Å². The van der Waals surface area contributed by atoms with Crippen LogP contribution in [0, 0.1) is 11.8 Å². The first-order valence-corrected chi connectivity index (χ1v) is 12.2. The van der Waals surface area contributed by atoms with Crippen LogP contribution >= 0.6 is 0 Å². The van der Waals surface area contributed by atoms with Crippen molar-refractivity contribution in [2.45, 2.75) is 50.5 Å². The molecule has 1 aromatic heterocycles. The molecule has 2 aromatic rings. The molecule has 1 fully saturated rings. The molecule has 1 saturated heterocycles. The van der Waals surface area contributed by atoms with Crippen LogP contribution in [0.2, 0.25) is 0 Å². The van der Waals surface area contributed by atoms with E-state index < -0.39 is 28.0 Å². The Morgan fingerprint density at radius 1 is 1.22 bits per heavy atom. The number of aromatic nitrogens is 3. The molecule has 2 heterocycles. The Morgan fingerprint density at radius 2 is 1.84 bits per heavy atom. The molecule has 1 aromatic carbocycles. The van der Waals surface area contributed by atoms with Crippen molar-refractivity contribution in [1.82, 2.24) is 19.9 Å². The molecule has 1 aliphatic rings. The SMILES string of the molecule is CCCC(C)C(C(=O)N1CCC(C(=O)O)CC1)n1cc(-c2ccc(S(N)(=O)=O)cc2)nn1. The van der Waals surface area contributed by atoms with Crippen LogP contribution in [-0.4, -0.2) is 58.4 Å². The van der Waals surface area contributed by atoms with Crippen LogP contribution in [0.15, 0.2) is 35.4 Å². The van der Waals surface area contributed by atoms with Crippen molar-refractivity contribution >= 4 is 21.9 Å². The summed E-state index contributed by atoms with van der Waals surface area (Å²) in [5.74, 6) is -1.31. The molecule has 2 unspecified atom stereocenters. The van der Waals surface area contributed by atoms with Crippen LogP contribution in [0.1, 0.15) is 45.6 Å². The lowest BCUT2D eigenvalue weighted by atomic mass is 9.93. The lowest BCUT2D eigenvalue weighted by Gasteiger charge is -2.34. The number of sulfonamides is 1. The van der Waals surface area contributed by atoms with Gasteiger partial charge in [0, 0.05) is 18.7 Å². The number of carboxylic acid groups (broad SMARTS) is 1. The Bertz CT molecular complexity index is 1060. The monoisotopic (exact) mass is 463 g/mol. The van der Waals surface area contributed by atoms with Crippen LogP contribution < -0.4 is 5.14 Å². The van der Waals surface area contributed by atoms with E-state index in [1.165, 1.54) is 12.1 Å². The first kappa shape index (κ1) is 23.9. The fraction of sp³-hybridized carbons (Fsp3) is 0.524. The van der Waals surface area contributed by atoms with Gasteiger partial charge in [-0.2, -0.15) is 0 Å². The summed E-state index contributed by atoms with van der Waals surface area (Å²) in [4.78, 5) is 26.4. The molecular weight excluding hydrogens is 434 g/mol. The minimum atomic E-state index is -3.79. The minimum Gasteiger partial charge on any atom is -0.481 e. The van der Waals surface area contributed by atoms with Crippen molar-refractivity contribution in [1.29, 1.82) is 0 Å². The van der Waals surface area contributed by atoms with Crippen molar-refractivity contribution in [3.63, 3.8) is 0 Å². The molecule has 2 atom stereocenters. The van der Waals surface area contributed by atoms with E-state index in [1.54, 1.807) is 27.9 Å². The summed E-state index contributed by atoms with van der Waals surface area (Å²) in [5, 5.41) is 22.8. The number of carbonyl (C=O) groups is 2. The number of hydrogen-bond acceptors (Lipinski definition) is 6. The van der Waals surface area contributed by atoms with Gasteiger partial charge >= 0.3 is 5.97 Å². The number of benzene rings is 1. The number of piperidine rings is 1. The molecule has 1 amide bonds. The Morgan fingerprint density at radius 3 is 2.38 bits per heavy atom. The smallest absolute Gasteiger partial charge is 0.306 e. The molecule has 0 bridgehead atoms. The van der Waals surface area contributed by atoms with Gasteiger partial charge in [0.05, 0.1) is 17.0 Å². The van der Waals surface area contributed by atoms with Gasteiger partial charge in [0.25, 0.3) is 0 Å². The van der Waals surface area contributed by atoms with Gasteiger partial charge in [-0.3, -0.25) is 9.59 Å². The van der Waals surface area contributed by atoms with Gasteiger partial charge in [-0.05, 0) is 37.3 Å². The first-order valence-electron chi connectivity index (χ1n) is 10.7. The maximum atomic E-state index is 13.4. The molecule has 10 nitrogen and oxygen atoms in total. The molecule has 32 heavy (non-hydrogen) atoms. The van der Waals surface area contributed by atoms with E-state index in [2.05, 4.69) is 17.2 Å². The summed E-state index contributed by atoms with van der Waals surface area (Å²) in [6.07, 6.45) is 4.29. The molecule has 0 aliphatic carbocycles. The molecule has 1 aliphatic heterocycles. The van der Waals surface area contributed by atoms with Crippen LogP contribution in [0.3, 0.4) is 0 Å². The van der Waals surface area contributed by atoms with E-state index in [0.717, 1.165) is 12.8 Å². The number of amides is 1. The number of carboxylic acids is 1. The quantitative estimate of drug-likeness (QED) is 0.607. The van der Waals surface area contributed by atoms with Crippen LogP contribution in [0.4, 0.5) is 0 Å². The average molecular weight is 464 g/mol. The normalized spacial score (nSPS) is 17.2. The van der Waals surface area contributed by atoms with Gasteiger partial charge in [0.2, 0.25) is 15.9 Å². The lowest BCUT2D eigenvalue weighted by molar-refractivity contribution is -0.147. The van der Waals surface area contributed by atoms with Gasteiger partial charge in [-0.1, -0.05) is 37.6 Å². The number of rotatable bonds is 8. The lowest BCUT2D eigenvalue weighted by Crippen LogP contribution is -2.45. The Kier molecular flexibility index (Phi) is 7.29. The summed E-state index contributed by atoms with van der Waals surface area (Å²) < 4.78 is 24.5. The number of aliphatic carboxylic acids is 1. The van der Waals surface area contributed by atoms with Crippen molar-refractivity contribution in [3.8, 4) is 11.3 Å². The third kappa shape index (κ3) is 5.33. The average Bonchev–Trinajstić information content (AvgIpc) is 3.23. The predicted molar refractivity (Wildman–Crippen MR) is 117 cm³/mol. The highest BCUT2D eigenvalue weighted by atomic mass is 32.2. The Balaban J connectivity index is 1.83. The third-order valence-electron chi connectivity index (χ3n) is 5.97.